The van der Waals surface area contributed by atoms with Gasteiger partial charge in [0.25, 0.3) is 0 Å². The topological polar surface area (TPSA) is 15.3 Å². The maximum absolute atomic E-state index is 12.8. The molecule has 19 heavy (non-hydrogen) atoms. The lowest BCUT2D eigenvalue weighted by molar-refractivity contribution is 0.118. The molecule has 1 saturated heterocycles. The molecule has 1 aromatic carbocycles. The number of anilines is 1. The van der Waals surface area contributed by atoms with Gasteiger partial charge in [0.05, 0.1) is 0 Å². The lowest BCUT2D eigenvalue weighted by Crippen LogP contribution is -2.40. The molecule has 1 fully saturated rings. The Morgan fingerprint density at radius 1 is 1.21 bits per heavy atom. The van der Waals surface area contributed by atoms with Gasteiger partial charge in [-0.2, -0.15) is 0 Å². The van der Waals surface area contributed by atoms with Gasteiger partial charge in [0.2, 0.25) is 0 Å². The number of hydrogen-bond donors (Lipinski definition) is 1. The maximum atomic E-state index is 12.8. The molecule has 2 rings (SSSR count). The van der Waals surface area contributed by atoms with Gasteiger partial charge in [-0.05, 0) is 55.6 Å². The van der Waals surface area contributed by atoms with Crippen LogP contribution in [0.3, 0.4) is 0 Å². The number of nitrogens with zero attached hydrogens (tertiary/aromatic N) is 1. The number of likely N-dealkylation sites (tertiary alicyclic amines) is 1. The molecular weight excluding hydrogens is 239 g/mol. The molecule has 0 aliphatic carbocycles. The number of nitrogens with one attached hydrogen (secondary N) is 1. The molecule has 1 aliphatic rings. The normalized spacial score (nSPS) is 19.3. The first-order valence-electron chi connectivity index (χ1n) is 7.33. The van der Waals surface area contributed by atoms with E-state index in [-0.39, 0.29) is 5.82 Å². The Hall–Kier alpha value is -1.09. The Balaban J connectivity index is 1.68. The summed E-state index contributed by atoms with van der Waals surface area (Å²) in [6.07, 6.45) is 3.90. The molecular formula is C16H25FN2. The largest absolute Gasteiger partial charge is 0.384 e. The Kier molecular flexibility index (Phi) is 4.81. The summed E-state index contributed by atoms with van der Waals surface area (Å²) in [7, 11) is 0. The third-order valence-corrected chi connectivity index (χ3v) is 4.52. The molecule has 1 aliphatic heterocycles. The Labute approximate surface area is 116 Å². The summed E-state index contributed by atoms with van der Waals surface area (Å²) in [4.78, 5) is 2.52. The van der Waals surface area contributed by atoms with Crippen LogP contribution in [0.15, 0.2) is 24.3 Å². The number of rotatable bonds is 5. The highest BCUT2D eigenvalue weighted by atomic mass is 19.1. The van der Waals surface area contributed by atoms with Gasteiger partial charge in [-0.1, -0.05) is 20.3 Å². The van der Waals surface area contributed by atoms with Gasteiger partial charge in [-0.15, -0.1) is 0 Å². The van der Waals surface area contributed by atoms with Crippen molar-refractivity contribution < 1.29 is 4.39 Å². The van der Waals surface area contributed by atoms with Crippen LogP contribution in [0.25, 0.3) is 0 Å². The van der Waals surface area contributed by atoms with Gasteiger partial charge in [0.1, 0.15) is 5.82 Å². The molecule has 1 N–H and O–H groups in total. The van der Waals surface area contributed by atoms with Gasteiger partial charge in [0.15, 0.2) is 0 Å². The van der Waals surface area contributed by atoms with Crippen molar-refractivity contribution in [3.8, 4) is 0 Å². The highest BCUT2D eigenvalue weighted by Gasteiger charge is 2.27. The van der Waals surface area contributed by atoms with Crippen LogP contribution in [0.1, 0.15) is 33.1 Å². The fraction of sp³-hybridized carbons (Fsp3) is 0.625. The van der Waals surface area contributed by atoms with E-state index in [0.717, 1.165) is 18.8 Å². The second-order valence-corrected chi connectivity index (χ2v) is 5.94. The van der Waals surface area contributed by atoms with Gasteiger partial charge >= 0.3 is 0 Å². The van der Waals surface area contributed by atoms with Crippen molar-refractivity contribution in [1.82, 2.24) is 4.90 Å². The summed E-state index contributed by atoms with van der Waals surface area (Å²) < 4.78 is 12.8. The van der Waals surface area contributed by atoms with E-state index in [2.05, 4.69) is 24.1 Å². The maximum Gasteiger partial charge on any atom is 0.123 e. The van der Waals surface area contributed by atoms with E-state index < -0.39 is 0 Å². The predicted molar refractivity (Wildman–Crippen MR) is 79.0 cm³/mol. The number of halogens is 1. The van der Waals surface area contributed by atoms with E-state index in [4.69, 9.17) is 0 Å². The van der Waals surface area contributed by atoms with Crippen LogP contribution in [0, 0.1) is 11.2 Å². The molecule has 0 unspecified atom stereocenters. The first-order valence-corrected chi connectivity index (χ1v) is 7.33. The van der Waals surface area contributed by atoms with Crippen LogP contribution >= 0.6 is 0 Å². The predicted octanol–water partition coefficient (Wildman–Crippen LogP) is 3.75. The SMILES string of the molecule is CCC1(C)CCN(CCNc2ccc(F)cc2)CC1. The standard InChI is InChI=1S/C16H25FN2/c1-3-16(2)8-11-19(12-9-16)13-10-18-15-6-4-14(17)5-7-15/h4-7,18H,3,8-13H2,1-2H3. The Morgan fingerprint density at radius 3 is 2.42 bits per heavy atom. The van der Waals surface area contributed by atoms with Gasteiger partial charge < -0.3 is 10.2 Å². The fourth-order valence-electron chi connectivity index (χ4n) is 2.60. The molecule has 1 aromatic rings. The molecule has 0 aromatic heterocycles. The first kappa shape index (κ1) is 14.3. The zero-order valence-corrected chi connectivity index (χ0v) is 12.1. The van der Waals surface area contributed by atoms with Gasteiger partial charge in [-0.3, -0.25) is 0 Å². The smallest absolute Gasteiger partial charge is 0.123 e. The van der Waals surface area contributed by atoms with Gasteiger partial charge in [0, 0.05) is 18.8 Å². The minimum Gasteiger partial charge on any atom is -0.384 e. The minimum absolute atomic E-state index is 0.180. The van der Waals surface area contributed by atoms with E-state index in [1.807, 2.05) is 0 Å². The van der Waals surface area contributed by atoms with E-state index in [1.54, 1.807) is 12.1 Å². The lowest BCUT2D eigenvalue weighted by atomic mass is 9.78. The van der Waals surface area contributed by atoms with Crippen LogP contribution in [-0.4, -0.2) is 31.1 Å². The average Bonchev–Trinajstić information content (AvgIpc) is 2.43. The molecule has 0 saturated carbocycles. The highest BCUT2D eigenvalue weighted by Crippen LogP contribution is 2.33. The van der Waals surface area contributed by atoms with Gasteiger partial charge in [-0.25, -0.2) is 4.39 Å². The molecule has 0 amide bonds. The Bertz CT molecular complexity index is 380. The summed E-state index contributed by atoms with van der Waals surface area (Å²) in [5.74, 6) is -0.180. The Morgan fingerprint density at radius 2 is 1.84 bits per heavy atom. The highest BCUT2D eigenvalue weighted by molar-refractivity contribution is 5.42. The third-order valence-electron chi connectivity index (χ3n) is 4.52. The molecule has 0 bridgehead atoms. The van der Waals surface area contributed by atoms with E-state index in [0.29, 0.717) is 5.41 Å². The van der Waals surface area contributed by atoms with Crippen molar-refractivity contribution in [2.45, 2.75) is 33.1 Å². The summed E-state index contributed by atoms with van der Waals surface area (Å²) in [6, 6.07) is 6.57. The third kappa shape index (κ3) is 4.20. The quantitative estimate of drug-likeness (QED) is 0.871. The second kappa shape index (κ2) is 6.38. The average molecular weight is 264 g/mol. The molecule has 2 nitrogen and oxygen atoms in total. The van der Waals surface area contributed by atoms with Crippen molar-refractivity contribution in [3.63, 3.8) is 0 Å². The monoisotopic (exact) mass is 264 g/mol. The fourth-order valence-corrected chi connectivity index (χ4v) is 2.60. The lowest BCUT2D eigenvalue weighted by Gasteiger charge is -2.39. The van der Waals surface area contributed by atoms with Crippen LogP contribution in [0.2, 0.25) is 0 Å². The molecule has 3 heteroatoms. The molecule has 106 valence electrons. The van der Waals surface area contributed by atoms with Crippen molar-refractivity contribution in [2.75, 3.05) is 31.5 Å². The molecule has 0 spiro atoms. The molecule has 0 atom stereocenters. The number of benzene rings is 1. The molecule has 1 heterocycles. The van der Waals surface area contributed by atoms with E-state index in [1.165, 1.54) is 44.5 Å². The first-order chi connectivity index (χ1) is 9.11. The number of hydrogen-bond acceptors (Lipinski definition) is 2. The van der Waals surface area contributed by atoms with Crippen LogP contribution in [0.5, 0.6) is 0 Å². The minimum atomic E-state index is -0.180. The van der Waals surface area contributed by atoms with Crippen molar-refractivity contribution >= 4 is 5.69 Å². The second-order valence-electron chi connectivity index (χ2n) is 5.94. The molecule has 0 radical (unpaired) electrons. The van der Waals surface area contributed by atoms with Crippen molar-refractivity contribution in [2.24, 2.45) is 5.41 Å². The summed E-state index contributed by atoms with van der Waals surface area (Å²) in [5, 5.41) is 3.35. The van der Waals surface area contributed by atoms with Crippen molar-refractivity contribution in [1.29, 1.82) is 0 Å². The van der Waals surface area contributed by atoms with Crippen LogP contribution < -0.4 is 5.32 Å². The zero-order chi connectivity index (χ0) is 13.7. The number of piperidine rings is 1. The van der Waals surface area contributed by atoms with E-state index in [9.17, 15) is 4.39 Å². The zero-order valence-electron chi connectivity index (χ0n) is 12.1. The summed E-state index contributed by atoms with van der Waals surface area (Å²) in [6.45, 7) is 9.10. The van der Waals surface area contributed by atoms with Crippen LogP contribution in [0.4, 0.5) is 10.1 Å². The van der Waals surface area contributed by atoms with E-state index >= 15 is 0 Å². The van der Waals surface area contributed by atoms with Crippen molar-refractivity contribution in [3.05, 3.63) is 30.1 Å². The van der Waals surface area contributed by atoms with Crippen LogP contribution in [-0.2, 0) is 0 Å². The summed E-state index contributed by atoms with van der Waals surface area (Å²) >= 11 is 0. The summed E-state index contributed by atoms with van der Waals surface area (Å²) in [5.41, 5.74) is 1.55.